The first-order valence-corrected chi connectivity index (χ1v) is 7.75. The zero-order valence-electron chi connectivity index (χ0n) is 12.9. The fourth-order valence-electron chi connectivity index (χ4n) is 2.39. The average molecular weight is 349 g/mol. The molecule has 0 saturated heterocycles. The minimum atomic E-state index is -1.06. The van der Waals surface area contributed by atoms with Crippen molar-refractivity contribution in [3.05, 3.63) is 64.2 Å². The SMILES string of the molecule is O=C(O)CCc1ccccc1Cc1cc(Cl)ccc1OCC(=O)O. The fraction of sp³-hybridized carbons (Fsp3) is 0.222. The minimum Gasteiger partial charge on any atom is -0.482 e. The van der Waals surface area contributed by atoms with Crippen molar-refractivity contribution in [2.45, 2.75) is 19.3 Å². The van der Waals surface area contributed by atoms with E-state index in [-0.39, 0.29) is 6.42 Å². The number of carboxylic acids is 2. The predicted octanol–water partition coefficient (Wildman–Crippen LogP) is 3.41. The maximum absolute atomic E-state index is 10.8. The molecule has 0 saturated carbocycles. The van der Waals surface area contributed by atoms with Gasteiger partial charge in [0, 0.05) is 23.4 Å². The van der Waals surface area contributed by atoms with Gasteiger partial charge < -0.3 is 14.9 Å². The maximum atomic E-state index is 10.8. The third-order valence-electron chi connectivity index (χ3n) is 3.48. The molecule has 0 aliphatic heterocycles. The van der Waals surface area contributed by atoms with Crippen LogP contribution in [-0.4, -0.2) is 28.8 Å². The summed E-state index contributed by atoms with van der Waals surface area (Å²) >= 11 is 6.04. The third-order valence-corrected chi connectivity index (χ3v) is 3.72. The number of aryl methyl sites for hydroxylation is 1. The largest absolute Gasteiger partial charge is 0.482 e. The quantitative estimate of drug-likeness (QED) is 0.763. The van der Waals surface area contributed by atoms with E-state index in [9.17, 15) is 9.59 Å². The van der Waals surface area contributed by atoms with Crippen molar-refractivity contribution in [2.24, 2.45) is 0 Å². The van der Waals surface area contributed by atoms with Crippen molar-refractivity contribution in [3.8, 4) is 5.75 Å². The molecule has 0 radical (unpaired) electrons. The van der Waals surface area contributed by atoms with E-state index in [1.165, 1.54) is 0 Å². The van der Waals surface area contributed by atoms with Crippen molar-refractivity contribution in [1.29, 1.82) is 0 Å². The Hall–Kier alpha value is -2.53. The summed E-state index contributed by atoms with van der Waals surface area (Å²) < 4.78 is 5.31. The van der Waals surface area contributed by atoms with Crippen molar-refractivity contribution in [2.75, 3.05) is 6.61 Å². The number of halogens is 1. The number of rotatable bonds is 8. The maximum Gasteiger partial charge on any atom is 0.341 e. The van der Waals surface area contributed by atoms with Crippen LogP contribution in [0.4, 0.5) is 0 Å². The predicted molar refractivity (Wildman–Crippen MR) is 89.8 cm³/mol. The fourth-order valence-corrected chi connectivity index (χ4v) is 2.58. The Balaban J connectivity index is 2.25. The molecule has 0 aromatic heterocycles. The molecule has 2 aromatic rings. The van der Waals surface area contributed by atoms with E-state index in [1.807, 2.05) is 24.3 Å². The monoisotopic (exact) mass is 348 g/mol. The molecule has 5 nitrogen and oxygen atoms in total. The summed E-state index contributed by atoms with van der Waals surface area (Å²) in [6.45, 7) is -0.435. The van der Waals surface area contributed by atoms with Gasteiger partial charge in [-0.1, -0.05) is 35.9 Å². The highest BCUT2D eigenvalue weighted by Gasteiger charge is 2.11. The molecular weight excluding hydrogens is 332 g/mol. The number of carboxylic acid groups (broad SMARTS) is 2. The zero-order chi connectivity index (χ0) is 17.5. The lowest BCUT2D eigenvalue weighted by Gasteiger charge is -2.13. The van der Waals surface area contributed by atoms with Crippen LogP contribution in [0.25, 0.3) is 0 Å². The molecule has 0 amide bonds. The second kappa shape index (κ2) is 8.36. The van der Waals surface area contributed by atoms with Crippen molar-refractivity contribution < 1.29 is 24.5 Å². The normalized spacial score (nSPS) is 10.4. The highest BCUT2D eigenvalue weighted by Crippen LogP contribution is 2.27. The molecular formula is C18H17ClO5. The van der Waals surface area contributed by atoms with E-state index in [4.69, 9.17) is 26.6 Å². The lowest BCUT2D eigenvalue weighted by Crippen LogP contribution is -2.11. The van der Waals surface area contributed by atoms with E-state index in [0.717, 1.165) is 16.7 Å². The second-order valence-electron chi connectivity index (χ2n) is 5.27. The van der Waals surface area contributed by atoms with Crippen molar-refractivity contribution >= 4 is 23.5 Å². The molecule has 0 unspecified atom stereocenters. The molecule has 0 atom stereocenters. The molecule has 2 aromatic carbocycles. The molecule has 24 heavy (non-hydrogen) atoms. The summed E-state index contributed by atoms with van der Waals surface area (Å²) in [5.74, 6) is -1.45. The van der Waals surface area contributed by atoms with Gasteiger partial charge in [0.1, 0.15) is 5.75 Å². The van der Waals surface area contributed by atoms with E-state index in [2.05, 4.69) is 0 Å². The molecule has 0 fully saturated rings. The topological polar surface area (TPSA) is 83.8 Å². The Labute approximate surface area is 144 Å². The van der Waals surface area contributed by atoms with Crippen LogP contribution in [0.3, 0.4) is 0 Å². The highest BCUT2D eigenvalue weighted by molar-refractivity contribution is 6.30. The molecule has 0 heterocycles. The molecule has 0 aliphatic carbocycles. The van der Waals surface area contributed by atoms with E-state index < -0.39 is 18.5 Å². The van der Waals surface area contributed by atoms with Gasteiger partial charge in [-0.05, 0) is 35.7 Å². The Morgan fingerprint density at radius 3 is 2.33 bits per heavy atom. The molecule has 126 valence electrons. The summed E-state index contributed by atoms with van der Waals surface area (Å²) in [5, 5.41) is 18.2. The summed E-state index contributed by atoms with van der Waals surface area (Å²) in [6, 6.07) is 12.5. The van der Waals surface area contributed by atoms with Crippen molar-refractivity contribution in [3.63, 3.8) is 0 Å². The average Bonchev–Trinajstić information content (AvgIpc) is 2.53. The zero-order valence-corrected chi connectivity index (χ0v) is 13.6. The summed E-state index contributed by atoms with van der Waals surface area (Å²) in [4.78, 5) is 21.5. The Kier molecular flexibility index (Phi) is 6.21. The van der Waals surface area contributed by atoms with Crippen LogP contribution in [0.15, 0.2) is 42.5 Å². The van der Waals surface area contributed by atoms with Gasteiger partial charge in [-0.3, -0.25) is 4.79 Å². The summed E-state index contributed by atoms with van der Waals surface area (Å²) in [5.41, 5.74) is 2.65. The molecule has 6 heteroatoms. The standard InChI is InChI=1S/C18H17ClO5/c19-15-6-7-16(24-11-18(22)23)14(10-15)9-13-4-2-1-3-12(13)5-8-17(20)21/h1-4,6-7,10H,5,8-9,11H2,(H,20,21)(H,22,23). The summed E-state index contributed by atoms with van der Waals surface area (Å²) in [6.07, 6.45) is 0.956. The number of hydrogen-bond acceptors (Lipinski definition) is 3. The smallest absolute Gasteiger partial charge is 0.341 e. The molecule has 2 N–H and O–H groups in total. The van der Waals surface area contributed by atoms with E-state index in [1.54, 1.807) is 18.2 Å². The number of aliphatic carboxylic acids is 2. The summed E-state index contributed by atoms with van der Waals surface area (Å²) in [7, 11) is 0. The van der Waals surface area contributed by atoms with Gasteiger partial charge in [0.05, 0.1) is 0 Å². The van der Waals surface area contributed by atoms with Gasteiger partial charge in [0.25, 0.3) is 0 Å². The van der Waals surface area contributed by atoms with Crippen LogP contribution in [0.1, 0.15) is 23.1 Å². The van der Waals surface area contributed by atoms with Crippen LogP contribution in [0, 0.1) is 0 Å². The van der Waals surface area contributed by atoms with Crippen LogP contribution in [0.2, 0.25) is 5.02 Å². The molecule has 0 aliphatic rings. The van der Waals surface area contributed by atoms with Gasteiger partial charge in [-0.25, -0.2) is 4.79 Å². The first kappa shape index (κ1) is 17.8. The second-order valence-corrected chi connectivity index (χ2v) is 5.71. The lowest BCUT2D eigenvalue weighted by molar-refractivity contribution is -0.139. The number of ether oxygens (including phenoxy) is 1. The first-order chi connectivity index (χ1) is 11.5. The van der Waals surface area contributed by atoms with Crippen LogP contribution in [0.5, 0.6) is 5.75 Å². The minimum absolute atomic E-state index is 0.0505. The third kappa shape index (κ3) is 5.28. The molecule has 0 spiro atoms. The first-order valence-electron chi connectivity index (χ1n) is 7.37. The van der Waals surface area contributed by atoms with Gasteiger partial charge >= 0.3 is 11.9 Å². The highest BCUT2D eigenvalue weighted by atomic mass is 35.5. The Morgan fingerprint density at radius 1 is 0.958 bits per heavy atom. The van der Waals surface area contributed by atoms with Crippen LogP contribution >= 0.6 is 11.6 Å². The van der Waals surface area contributed by atoms with E-state index >= 15 is 0 Å². The molecule has 0 bridgehead atoms. The van der Waals surface area contributed by atoms with Crippen molar-refractivity contribution in [1.82, 2.24) is 0 Å². The van der Waals surface area contributed by atoms with Crippen LogP contribution in [-0.2, 0) is 22.4 Å². The van der Waals surface area contributed by atoms with E-state index in [0.29, 0.717) is 23.6 Å². The van der Waals surface area contributed by atoms with Gasteiger partial charge in [-0.15, -0.1) is 0 Å². The van der Waals surface area contributed by atoms with Gasteiger partial charge in [0.15, 0.2) is 6.61 Å². The van der Waals surface area contributed by atoms with Gasteiger partial charge in [-0.2, -0.15) is 0 Å². The number of carbonyl (C=O) groups is 2. The lowest BCUT2D eigenvalue weighted by atomic mass is 9.96. The Morgan fingerprint density at radius 2 is 1.67 bits per heavy atom. The Bertz CT molecular complexity index is 742. The number of hydrogen-bond donors (Lipinski definition) is 2. The number of benzene rings is 2. The van der Waals surface area contributed by atoms with Gasteiger partial charge in [0.2, 0.25) is 0 Å². The van der Waals surface area contributed by atoms with Crippen LogP contribution < -0.4 is 4.74 Å². The molecule has 2 rings (SSSR count).